The molecule has 0 bridgehead atoms. The molecule has 3 aromatic rings. The molecular formula is C25H27ClN4O2S. The molecule has 1 unspecified atom stereocenters. The largest absolute Gasteiger partial charge is 0.344 e. The first-order valence-corrected chi connectivity index (χ1v) is 12.5. The number of anilines is 1. The molecule has 172 valence electrons. The summed E-state index contributed by atoms with van der Waals surface area (Å²) in [5.41, 5.74) is 1.81. The fourth-order valence-electron chi connectivity index (χ4n) is 4.16. The number of halogens is 1. The van der Waals surface area contributed by atoms with Crippen molar-refractivity contribution in [2.75, 3.05) is 5.32 Å². The molecule has 0 spiro atoms. The molecule has 6 nitrogen and oxygen atoms in total. The van der Waals surface area contributed by atoms with Crippen LogP contribution in [0.25, 0.3) is 10.6 Å². The zero-order chi connectivity index (χ0) is 23.0. The zero-order valence-corrected chi connectivity index (χ0v) is 19.9. The molecule has 0 radical (unpaired) electrons. The summed E-state index contributed by atoms with van der Waals surface area (Å²) in [4.78, 5) is 25.8. The zero-order valence-electron chi connectivity index (χ0n) is 18.3. The minimum Gasteiger partial charge on any atom is -0.344 e. The van der Waals surface area contributed by atoms with Crippen LogP contribution in [0.15, 0.2) is 54.6 Å². The van der Waals surface area contributed by atoms with Gasteiger partial charge in [0.1, 0.15) is 11.0 Å². The number of nitrogens with one attached hydrogen (secondary N) is 2. The van der Waals surface area contributed by atoms with Crippen molar-refractivity contribution in [2.24, 2.45) is 5.92 Å². The van der Waals surface area contributed by atoms with E-state index < -0.39 is 6.04 Å². The van der Waals surface area contributed by atoms with Crippen LogP contribution < -0.4 is 10.6 Å². The highest BCUT2D eigenvalue weighted by atomic mass is 35.5. The van der Waals surface area contributed by atoms with Crippen LogP contribution in [0.3, 0.4) is 0 Å². The number of amides is 2. The molecule has 1 aromatic heterocycles. The van der Waals surface area contributed by atoms with Crippen LogP contribution in [0, 0.1) is 5.92 Å². The first kappa shape index (κ1) is 23.4. The summed E-state index contributed by atoms with van der Waals surface area (Å²) in [6.07, 6.45) is 6.64. The highest BCUT2D eigenvalue weighted by Crippen LogP contribution is 2.29. The van der Waals surface area contributed by atoms with E-state index in [2.05, 4.69) is 20.8 Å². The van der Waals surface area contributed by atoms with Gasteiger partial charge >= 0.3 is 0 Å². The number of hydrogen-bond acceptors (Lipinski definition) is 5. The van der Waals surface area contributed by atoms with Crippen LogP contribution in [0.5, 0.6) is 0 Å². The maximum atomic E-state index is 13.1. The van der Waals surface area contributed by atoms with Gasteiger partial charge in [0, 0.05) is 23.4 Å². The van der Waals surface area contributed by atoms with Gasteiger partial charge < -0.3 is 5.32 Å². The van der Waals surface area contributed by atoms with E-state index in [0.29, 0.717) is 33.9 Å². The highest BCUT2D eigenvalue weighted by Gasteiger charge is 2.24. The molecule has 1 aliphatic carbocycles. The molecule has 1 fully saturated rings. The van der Waals surface area contributed by atoms with Crippen molar-refractivity contribution in [1.29, 1.82) is 0 Å². The molecule has 1 atom stereocenters. The van der Waals surface area contributed by atoms with Gasteiger partial charge in [-0.1, -0.05) is 91.1 Å². The summed E-state index contributed by atoms with van der Waals surface area (Å²) >= 11 is 7.33. The molecule has 33 heavy (non-hydrogen) atoms. The predicted octanol–water partition coefficient (Wildman–Crippen LogP) is 5.49. The number of aromatic nitrogens is 2. The number of carbonyl (C=O) groups is 2. The summed E-state index contributed by atoms with van der Waals surface area (Å²) in [5.74, 6) is 0.236. The van der Waals surface area contributed by atoms with Crippen molar-refractivity contribution >= 4 is 39.9 Å². The Hall–Kier alpha value is -2.77. The van der Waals surface area contributed by atoms with Gasteiger partial charge in [-0.25, -0.2) is 0 Å². The lowest BCUT2D eigenvalue weighted by molar-refractivity contribution is -0.126. The fourth-order valence-corrected chi connectivity index (χ4v) is 5.10. The Morgan fingerprint density at radius 3 is 2.61 bits per heavy atom. The Kier molecular flexibility index (Phi) is 8.07. The molecule has 1 heterocycles. The van der Waals surface area contributed by atoms with Crippen LogP contribution in [0.2, 0.25) is 5.02 Å². The van der Waals surface area contributed by atoms with Crippen molar-refractivity contribution in [3.05, 3.63) is 65.2 Å². The first-order valence-electron chi connectivity index (χ1n) is 11.3. The van der Waals surface area contributed by atoms with Gasteiger partial charge in [-0.05, 0) is 30.0 Å². The van der Waals surface area contributed by atoms with Crippen molar-refractivity contribution in [3.8, 4) is 10.6 Å². The van der Waals surface area contributed by atoms with Crippen LogP contribution in [0.4, 0.5) is 5.13 Å². The lowest BCUT2D eigenvalue weighted by atomic mass is 10.0. The van der Waals surface area contributed by atoms with Crippen molar-refractivity contribution < 1.29 is 9.59 Å². The Bertz CT molecular complexity index is 1080. The van der Waals surface area contributed by atoms with E-state index >= 15 is 0 Å². The lowest BCUT2D eigenvalue weighted by Gasteiger charge is -2.18. The third-order valence-electron chi connectivity index (χ3n) is 5.92. The van der Waals surface area contributed by atoms with Gasteiger partial charge in [-0.15, -0.1) is 10.2 Å². The van der Waals surface area contributed by atoms with Gasteiger partial charge in [0.2, 0.25) is 16.9 Å². The number of rotatable bonds is 9. The number of hydrogen-bond donors (Lipinski definition) is 2. The smallest absolute Gasteiger partial charge is 0.249 e. The fraction of sp³-hybridized carbons (Fsp3) is 0.360. The summed E-state index contributed by atoms with van der Waals surface area (Å²) in [5, 5.41) is 15.7. The Labute approximate surface area is 202 Å². The maximum absolute atomic E-state index is 13.1. The Balaban J connectivity index is 1.41. The van der Waals surface area contributed by atoms with Gasteiger partial charge in [-0.2, -0.15) is 0 Å². The summed E-state index contributed by atoms with van der Waals surface area (Å²) in [7, 11) is 0. The van der Waals surface area contributed by atoms with E-state index in [-0.39, 0.29) is 11.8 Å². The van der Waals surface area contributed by atoms with E-state index in [0.717, 1.165) is 17.5 Å². The van der Waals surface area contributed by atoms with E-state index in [9.17, 15) is 9.59 Å². The van der Waals surface area contributed by atoms with E-state index in [1.807, 2.05) is 42.5 Å². The lowest BCUT2D eigenvalue weighted by Crippen LogP contribution is -2.45. The SMILES string of the molecule is O=C(CCC1CCCC1)NC(Cc1ccccc1)C(=O)Nc1nnc(-c2cccc(Cl)c2)s1. The molecule has 0 saturated heterocycles. The number of carbonyl (C=O) groups excluding carboxylic acids is 2. The van der Waals surface area contributed by atoms with E-state index in [1.54, 1.807) is 12.1 Å². The molecule has 8 heteroatoms. The predicted molar refractivity (Wildman–Crippen MR) is 132 cm³/mol. The molecule has 2 N–H and O–H groups in total. The van der Waals surface area contributed by atoms with Crippen LogP contribution in [0.1, 0.15) is 44.1 Å². The second kappa shape index (κ2) is 11.4. The average Bonchev–Trinajstić information content (AvgIpc) is 3.50. The molecule has 2 aromatic carbocycles. The topological polar surface area (TPSA) is 84.0 Å². The van der Waals surface area contributed by atoms with Crippen molar-refractivity contribution in [1.82, 2.24) is 15.5 Å². The number of nitrogens with zero attached hydrogens (tertiary/aromatic N) is 2. The molecule has 0 aliphatic heterocycles. The minimum atomic E-state index is -0.693. The minimum absolute atomic E-state index is 0.0881. The van der Waals surface area contributed by atoms with Crippen LogP contribution >= 0.6 is 22.9 Å². The molecule has 1 aliphatic rings. The molecule has 4 rings (SSSR count). The molecular weight excluding hydrogens is 456 g/mol. The number of benzene rings is 2. The van der Waals surface area contributed by atoms with Crippen molar-refractivity contribution in [2.45, 2.75) is 51.0 Å². The first-order chi connectivity index (χ1) is 16.1. The second-order valence-electron chi connectivity index (χ2n) is 8.41. The average molecular weight is 483 g/mol. The third kappa shape index (κ3) is 6.85. The summed E-state index contributed by atoms with van der Waals surface area (Å²) in [6, 6.07) is 16.3. The standard InChI is InChI=1S/C25H27ClN4O2S/c26-20-12-6-11-19(16-20)24-29-30-25(33-24)28-23(32)21(15-18-9-2-1-3-10-18)27-22(31)14-13-17-7-4-5-8-17/h1-3,6,9-12,16-17,21H,4-5,7-8,13-15H2,(H,27,31)(H,28,30,32). The second-order valence-corrected chi connectivity index (χ2v) is 9.82. The molecule has 1 saturated carbocycles. The van der Waals surface area contributed by atoms with E-state index in [1.165, 1.54) is 37.0 Å². The third-order valence-corrected chi connectivity index (χ3v) is 7.04. The summed E-state index contributed by atoms with van der Waals surface area (Å²) in [6.45, 7) is 0. The van der Waals surface area contributed by atoms with Gasteiger partial charge in [-0.3, -0.25) is 14.9 Å². The Morgan fingerprint density at radius 2 is 1.85 bits per heavy atom. The van der Waals surface area contributed by atoms with Crippen molar-refractivity contribution in [3.63, 3.8) is 0 Å². The molecule has 2 amide bonds. The van der Waals surface area contributed by atoms with E-state index in [4.69, 9.17) is 11.6 Å². The van der Waals surface area contributed by atoms with Crippen LogP contribution in [-0.4, -0.2) is 28.1 Å². The Morgan fingerprint density at radius 1 is 1.06 bits per heavy atom. The maximum Gasteiger partial charge on any atom is 0.249 e. The monoisotopic (exact) mass is 482 g/mol. The van der Waals surface area contributed by atoms with Gasteiger partial charge in [0.15, 0.2) is 0 Å². The van der Waals surface area contributed by atoms with Gasteiger partial charge in [0.05, 0.1) is 0 Å². The summed E-state index contributed by atoms with van der Waals surface area (Å²) < 4.78 is 0. The quantitative estimate of drug-likeness (QED) is 0.422. The normalized spacial score (nSPS) is 14.7. The van der Waals surface area contributed by atoms with Crippen LogP contribution in [-0.2, 0) is 16.0 Å². The van der Waals surface area contributed by atoms with Gasteiger partial charge in [0.25, 0.3) is 0 Å². The highest BCUT2D eigenvalue weighted by molar-refractivity contribution is 7.18.